The lowest BCUT2D eigenvalue weighted by molar-refractivity contribution is -0.245. The van der Waals surface area contributed by atoms with Crippen LogP contribution in [0.4, 0.5) is 4.39 Å². The number of fused-ring (bicyclic) bond motifs is 5. The summed E-state index contributed by atoms with van der Waals surface area (Å²) in [5.41, 5.74) is -7.52. The Labute approximate surface area is 191 Å². The summed E-state index contributed by atoms with van der Waals surface area (Å²) in [5.74, 6) is -6.84. The smallest absolute Gasteiger partial charge is 0.303 e. The summed E-state index contributed by atoms with van der Waals surface area (Å²) >= 11 is 0. The molecule has 0 saturated heterocycles. The van der Waals surface area contributed by atoms with E-state index in [9.17, 15) is 34.2 Å². The van der Waals surface area contributed by atoms with Crippen molar-refractivity contribution in [3.05, 3.63) is 0 Å². The third-order valence-corrected chi connectivity index (χ3v) is 9.72. The molecule has 1 unspecified atom stereocenters. The predicted molar refractivity (Wildman–Crippen MR) is 110 cm³/mol. The summed E-state index contributed by atoms with van der Waals surface area (Å²) < 4.78 is 22.0. The molecular weight excluding hydrogens is 435 g/mol. The lowest BCUT2D eigenvalue weighted by Gasteiger charge is -2.63. The van der Waals surface area contributed by atoms with Crippen LogP contribution in [0.1, 0.15) is 59.8 Å². The van der Waals surface area contributed by atoms with Gasteiger partial charge in [0.15, 0.2) is 18.1 Å². The molecule has 0 radical (unpaired) electrons. The fourth-order valence-electron chi connectivity index (χ4n) is 7.99. The fourth-order valence-corrected chi connectivity index (χ4v) is 7.99. The number of aliphatic hydroxyl groups is 2. The quantitative estimate of drug-likeness (QED) is 0.359. The van der Waals surface area contributed by atoms with Crippen molar-refractivity contribution in [2.45, 2.75) is 77.2 Å². The van der Waals surface area contributed by atoms with Crippen molar-refractivity contribution in [1.82, 2.24) is 0 Å². The third kappa shape index (κ3) is 2.72. The summed E-state index contributed by atoms with van der Waals surface area (Å²) in [6.07, 6.45) is -2.20. The lowest BCUT2D eigenvalue weighted by atomic mass is 9.41. The SMILES string of the molecule is CC(=O)OCC(=O)[C@@]1(O)[C@@H](C)C[C@H]2[C@@H]3CCC4C(=O)C(=O)CC(=O)[C@]4(C)[C@@]3(F)[C@@H](O)C[C@@]21C. The maximum absolute atomic E-state index is 17.2. The van der Waals surface area contributed by atoms with Crippen LogP contribution >= 0.6 is 0 Å². The minimum absolute atomic E-state index is 0.122. The Morgan fingerprint density at radius 1 is 1.15 bits per heavy atom. The van der Waals surface area contributed by atoms with Crippen molar-refractivity contribution in [2.75, 3.05) is 6.61 Å². The summed E-state index contributed by atoms with van der Waals surface area (Å²) in [6.45, 7) is 5.17. The average molecular weight is 467 g/mol. The number of ketones is 4. The van der Waals surface area contributed by atoms with Gasteiger partial charge in [0.2, 0.25) is 17.3 Å². The van der Waals surface area contributed by atoms with Gasteiger partial charge in [-0.1, -0.05) is 13.8 Å². The van der Waals surface area contributed by atoms with Crippen LogP contribution in [-0.2, 0) is 28.7 Å². The molecular formula is C24H31FO8. The van der Waals surface area contributed by atoms with Gasteiger partial charge >= 0.3 is 5.97 Å². The number of halogens is 1. The molecule has 0 spiro atoms. The number of alkyl halides is 1. The number of ether oxygens (including phenoxy) is 1. The number of hydrogen-bond acceptors (Lipinski definition) is 8. The molecule has 9 heteroatoms. The van der Waals surface area contributed by atoms with Crippen molar-refractivity contribution in [2.24, 2.45) is 34.5 Å². The molecule has 2 N–H and O–H groups in total. The number of hydrogen-bond donors (Lipinski definition) is 2. The summed E-state index contributed by atoms with van der Waals surface area (Å²) in [4.78, 5) is 62.0. The first-order valence-corrected chi connectivity index (χ1v) is 11.5. The van der Waals surface area contributed by atoms with E-state index in [1.54, 1.807) is 13.8 Å². The van der Waals surface area contributed by atoms with Gasteiger partial charge < -0.3 is 14.9 Å². The molecule has 0 aromatic heterocycles. The summed E-state index contributed by atoms with van der Waals surface area (Å²) in [6, 6.07) is 0. The number of Topliss-reactive ketones (excluding diaryl/α,β-unsaturated/α-hetero) is 4. The van der Waals surface area contributed by atoms with Gasteiger partial charge in [0, 0.05) is 24.2 Å². The zero-order valence-corrected chi connectivity index (χ0v) is 19.4. The van der Waals surface area contributed by atoms with E-state index in [2.05, 4.69) is 0 Å². The van der Waals surface area contributed by atoms with Crippen LogP contribution in [-0.4, -0.2) is 63.3 Å². The van der Waals surface area contributed by atoms with Gasteiger partial charge in [0.25, 0.3) is 0 Å². The highest BCUT2D eigenvalue weighted by Crippen LogP contribution is 2.71. The van der Waals surface area contributed by atoms with Crippen LogP contribution in [0.15, 0.2) is 0 Å². The Kier molecular flexibility index (Phi) is 5.30. The fraction of sp³-hybridized carbons (Fsp3) is 0.792. The molecule has 8 nitrogen and oxygen atoms in total. The monoisotopic (exact) mass is 466 g/mol. The number of esters is 1. The maximum Gasteiger partial charge on any atom is 0.303 e. The summed E-state index contributed by atoms with van der Waals surface area (Å²) in [5, 5.41) is 22.9. The van der Waals surface area contributed by atoms with E-state index in [0.717, 1.165) is 6.92 Å². The second kappa shape index (κ2) is 7.25. The molecule has 9 atom stereocenters. The zero-order chi connectivity index (χ0) is 24.7. The Hall–Kier alpha value is -2.00. The second-order valence-corrected chi connectivity index (χ2v) is 10.9. The van der Waals surface area contributed by atoms with Gasteiger partial charge in [-0.05, 0) is 44.4 Å². The van der Waals surface area contributed by atoms with Gasteiger partial charge in [-0.25, -0.2) is 4.39 Å². The van der Waals surface area contributed by atoms with Gasteiger partial charge in [-0.3, -0.25) is 24.0 Å². The minimum Gasteiger partial charge on any atom is -0.458 e. The molecule has 33 heavy (non-hydrogen) atoms. The largest absolute Gasteiger partial charge is 0.458 e. The van der Waals surface area contributed by atoms with E-state index in [1.807, 2.05) is 0 Å². The molecule has 0 bridgehead atoms. The van der Waals surface area contributed by atoms with E-state index >= 15 is 4.39 Å². The van der Waals surface area contributed by atoms with Crippen molar-refractivity contribution in [1.29, 1.82) is 0 Å². The highest BCUT2D eigenvalue weighted by Gasteiger charge is 2.78. The Bertz CT molecular complexity index is 962. The first-order valence-electron chi connectivity index (χ1n) is 11.5. The van der Waals surface area contributed by atoms with E-state index in [1.165, 1.54) is 6.92 Å². The molecule has 4 saturated carbocycles. The van der Waals surface area contributed by atoms with Gasteiger partial charge in [-0.15, -0.1) is 0 Å². The van der Waals surface area contributed by atoms with Crippen molar-refractivity contribution >= 4 is 29.1 Å². The molecule has 4 fully saturated rings. The molecule has 4 aliphatic carbocycles. The number of carbonyl (C=O) groups excluding carboxylic acids is 5. The Morgan fingerprint density at radius 2 is 1.79 bits per heavy atom. The van der Waals surface area contributed by atoms with Crippen molar-refractivity contribution in [3.63, 3.8) is 0 Å². The number of rotatable bonds is 3. The lowest BCUT2D eigenvalue weighted by Crippen LogP contribution is -2.74. The van der Waals surface area contributed by atoms with Crippen molar-refractivity contribution < 1.29 is 43.3 Å². The summed E-state index contributed by atoms with van der Waals surface area (Å²) in [7, 11) is 0. The molecule has 0 heterocycles. The zero-order valence-electron chi connectivity index (χ0n) is 19.4. The predicted octanol–water partition coefficient (Wildman–Crippen LogP) is 1.13. The van der Waals surface area contributed by atoms with Crippen LogP contribution in [0.5, 0.6) is 0 Å². The molecule has 182 valence electrons. The number of carbonyl (C=O) groups is 5. The highest BCUT2D eigenvalue weighted by molar-refractivity contribution is 6.44. The Morgan fingerprint density at radius 3 is 2.39 bits per heavy atom. The topological polar surface area (TPSA) is 135 Å². The molecule has 4 aliphatic rings. The number of aliphatic hydroxyl groups excluding tert-OH is 1. The van der Waals surface area contributed by atoms with E-state index < -0.39 is 94.0 Å². The molecule has 0 aromatic carbocycles. The van der Waals surface area contributed by atoms with Gasteiger partial charge in [0.05, 0.1) is 17.9 Å². The maximum atomic E-state index is 17.2. The van der Waals surface area contributed by atoms with Crippen LogP contribution in [0, 0.1) is 34.5 Å². The minimum atomic E-state index is -2.47. The van der Waals surface area contributed by atoms with E-state index in [4.69, 9.17) is 4.74 Å². The Balaban J connectivity index is 1.78. The molecule has 0 aromatic rings. The molecule has 0 aliphatic heterocycles. The van der Waals surface area contributed by atoms with E-state index in [-0.39, 0.29) is 25.7 Å². The highest BCUT2D eigenvalue weighted by atomic mass is 19.1. The standard InChI is InChI=1S/C24H31FO8/c1-11-7-15-13-5-6-14-20(31)16(27)8-17(28)22(14,4)23(13,25)18(29)9-21(15,3)24(11,32)19(30)10-33-12(2)26/h11,13-15,18,29,32H,5-10H2,1-4H3/t11-,13-,14?,15-,18-,21-,22+,23-,24-/m0/s1. The van der Waals surface area contributed by atoms with Gasteiger partial charge in [-0.2, -0.15) is 0 Å². The average Bonchev–Trinajstić information content (AvgIpc) is 2.93. The first-order chi connectivity index (χ1) is 15.2. The molecule has 0 amide bonds. The van der Waals surface area contributed by atoms with E-state index in [0.29, 0.717) is 0 Å². The van der Waals surface area contributed by atoms with Crippen LogP contribution in [0.2, 0.25) is 0 Å². The molecule has 4 rings (SSSR count). The van der Waals surface area contributed by atoms with Crippen molar-refractivity contribution in [3.8, 4) is 0 Å². The first kappa shape index (κ1) is 24.1. The normalized spacial score (nSPS) is 49.2. The van der Waals surface area contributed by atoms with Crippen LogP contribution < -0.4 is 0 Å². The third-order valence-electron chi connectivity index (χ3n) is 9.72. The van der Waals surface area contributed by atoms with Gasteiger partial charge in [0.1, 0.15) is 5.60 Å². The van der Waals surface area contributed by atoms with Crippen LogP contribution in [0.25, 0.3) is 0 Å². The second-order valence-electron chi connectivity index (χ2n) is 10.9. The van der Waals surface area contributed by atoms with Crippen LogP contribution in [0.3, 0.4) is 0 Å².